The Hall–Kier alpha value is -1.95. The van der Waals surface area contributed by atoms with Crippen LogP contribution in [0.2, 0.25) is 0 Å². The van der Waals surface area contributed by atoms with E-state index in [-0.39, 0.29) is 5.91 Å². The quantitative estimate of drug-likeness (QED) is 0.900. The van der Waals surface area contributed by atoms with Gasteiger partial charge in [0, 0.05) is 23.4 Å². The minimum Gasteiger partial charge on any atom is -0.370 e. The molecule has 2 aromatic rings. The van der Waals surface area contributed by atoms with Crippen molar-refractivity contribution in [2.24, 2.45) is 0 Å². The van der Waals surface area contributed by atoms with Crippen LogP contribution in [0.3, 0.4) is 0 Å². The van der Waals surface area contributed by atoms with Crippen molar-refractivity contribution in [1.29, 1.82) is 0 Å². The minimum atomic E-state index is -0.217. The number of aromatic nitrogens is 2. The number of anilines is 2. The highest BCUT2D eigenvalue weighted by Crippen LogP contribution is 2.20. The van der Waals surface area contributed by atoms with Gasteiger partial charge in [-0.05, 0) is 48.0 Å². The Morgan fingerprint density at radius 2 is 2.20 bits per heavy atom. The Balaban J connectivity index is 2.29. The molecule has 0 aliphatic rings. The lowest BCUT2D eigenvalue weighted by Crippen LogP contribution is -2.16. The first-order chi connectivity index (χ1) is 9.61. The van der Waals surface area contributed by atoms with E-state index in [0.29, 0.717) is 23.6 Å². The Morgan fingerprint density at radius 1 is 1.40 bits per heavy atom. The Bertz CT molecular complexity index is 630. The predicted octanol–water partition coefficient (Wildman–Crippen LogP) is 3.23. The van der Waals surface area contributed by atoms with Crippen LogP contribution in [0.15, 0.2) is 35.1 Å². The van der Waals surface area contributed by atoms with E-state index in [1.807, 2.05) is 19.9 Å². The zero-order valence-corrected chi connectivity index (χ0v) is 12.9. The van der Waals surface area contributed by atoms with E-state index in [2.05, 4.69) is 36.5 Å². The lowest BCUT2D eigenvalue weighted by atomic mass is 10.2. The molecular weight excluding hydrogens is 320 g/mol. The molecule has 2 N–H and O–H groups in total. The number of hydrogen-bond acceptors (Lipinski definition) is 4. The molecule has 0 fully saturated rings. The molecule has 6 heteroatoms. The largest absolute Gasteiger partial charge is 0.370 e. The number of halogens is 1. The Labute approximate surface area is 126 Å². The molecule has 2 heterocycles. The zero-order chi connectivity index (χ0) is 14.5. The van der Waals surface area contributed by atoms with E-state index < -0.39 is 0 Å². The monoisotopic (exact) mass is 334 g/mol. The molecule has 2 aromatic heterocycles. The fourth-order valence-electron chi connectivity index (χ4n) is 1.73. The molecule has 1 amide bonds. The molecule has 104 valence electrons. The molecule has 0 aliphatic carbocycles. The third-order valence-electron chi connectivity index (χ3n) is 2.70. The maximum absolute atomic E-state index is 12.4. The lowest BCUT2D eigenvalue weighted by Gasteiger charge is -2.11. The first kappa shape index (κ1) is 14.5. The van der Waals surface area contributed by atoms with Crippen LogP contribution in [0.5, 0.6) is 0 Å². The number of hydrogen-bond donors (Lipinski definition) is 2. The summed E-state index contributed by atoms with van der Waals surface area (Å²) in [5.74, 6) is 0.348. The minimum absolute atomic E-state index is 0.217. The van der Waals surface area contributed by atoms with Crippen LogP contribution in [-0.4, -0.2) is 22.4 Å². The van der Waals surface area contributed by atoms with E-state index in [1.54, 1.807) is 24.5 Å². The number of pyridine rings is 2. The highest BCUT2D eigenvalue weighted by molar-refractivity contribution is 9.10. The number of nitrogens with one attached hydrogen (secondary N) is 2. The van der Waals surface area contributed by atoms with Crippen LogP contribution in [0.4, 0.5) is 11.5 Å². The molecule has 20 heavy (non-hydrogen) atoms. The summed E-state index contributed by atoms with van der Waals surface area (Å²) >= 11 is 3.33. The Morgan fingerprint density at radius 3 is 2.90 bits per heavy atom. The number of nitrogens with zero attached hydrogens (tertiary/aromatic N) is 2. The average Bonchev–Trinajstić information content (AvgIpc) is 2.43. The van der Waals surface area contributed by atoms with Crippen molar-refractivity contribution < 1.29 is 4.79 Å². The summed E-state index contributed by atoms with van der Waals surface area (Å²) in [6.45, 7) is 4.50. The van der Waals surface area contributed by atoms with Gasteiger partial charge >= 0.3 is 0 Å². The second-order valence-corrected chi connectivity index (χ2v) is 5.09. The van der Waals surface area contributed by atoms with E-state index in [9.17, 15) is 4.79 Å². The molecule has 5 nitrogen and oxygen atoms in total. The summed E-state index contributed by atoms with van der Waals surface area (Å²) in [5.41, 5.74) is 1.96. The fraction of sp³-hybridized carbons (Fsp3) is 0.214. The van der Waals surface area contributed by atoms with Crippen LogP contribution >= 0.6 is 15.9 Å². The molecule has 0 unspecified atom stereocenters. The molecule has 0 atom stereocenters. The van der Waals surface area contributed by atoms with Crippen molar-refractivity contribution in [3.63, 3.8) is 0 Å². The fourth-order valence-corrected chi connectivity index (χ4v) is 2.06. The van der Waals surface area contributed by atoms with Crippen molar-refractivity contribution in [1.82, 2.24) is 9.97 Å². The van der Waals surface area contributed by atoms with Crippen LogP contribution < -0.4 is 10.6 Å². The van der Waals surface area contributed by atoms with Gasteiger partial charge in [-0.3, -0.25) is 9.78 Å². The van der Waals surface area contributed by atoms with Crippen molar-refractivity contribution in [2.45, 2.75) is 13.8 Å². The van der Waals surface area contributed by atoms with Crippen molar-refractivity contribution in [3.8, 4) is 0 Å². The molecule has 0 saturated carbocycles. The van der Waals surface area contributed by atoms with Gasteiger partial charge in [-0.2, -0.15) is 0 Å². The number of rotatable bonds is 4. The summed E-state index contributed by atoms with van der Waals surface area (Å²) in [6, 6.07) is 5.34. The van der Waals surface area contributed by atoms with Gasteiger partial charge in [-0.1, -0.05) is 0 Å². The van der Waals surface area contributed by atoms with Crippen molar-refractivity contribution in [2.75, 3.05) is 17.2 Å². The highest BCUT2D eigenvalue weighted by Gasteiger charge is 2.14. The number of carbonyl (C=O) groups excluding carboxylic acids is 1. The normalized spacial score (nSPS) is 10.2. The van der Waals surface area contributed by atoms with Gasteiger partial charge in [0.25, 0.3) is 5.91 Å². The zero-order valence-electron chi connectivity index (χ0n) is 11.3. The van der Waals surface area contributed by atoms with Crippen molar-refractivity contribution >= 4 is 33.3 Å². The first-order valence-electron chi connectivity index (χ1n) is 6.24. The topological polar surface area (TPSA) is 66.9 Å². The molecule has 0 aliphatic heterocycles. The predicted molar refractivity (Wildman–Crippen MR) is 83.0 cm³/mol. The number of aryl methyl sites for hydroxylation is 1. The van der Waals surface area contributed by atoms with Crippen LogP contribution in [-0.2, 0) is 0 Å². The van der Waals surface area contributed by atoms with Gasteiger partial charge in [0.1, 0.15) is 5.82 Å². The van der Waals surface area contributed by atoms with Crippen LogP contribution in [0.25, 0.3) is 0 Å². The molecule has 0 bridgehead atoms. The number of amides is 1. The molecule has 0 aromatic carbocycles. The van der Waals surface area contributed by atoms with Gasteiger partial charge in [-0.15, -0.1) is 0 Å². The van der Waals surface area contributed by atoms with Crippen LogP contribution in [0.1, 0.15) is 23.0 Å². The van der Waals surface area contributed by atoms with Gasteiger partial charge < -0.3 is 10.6 Å². The Kier molecular flexibility index (Phi) is 4.68. The van der Waals surface area contributed by atoms with Crippen LogP contribution in [0, 0.1) is 6.92 Å². The van der Waals surface area contributed by atoms with Gasteiger partial charge in [-0.25, -0.2) is 4.98 Å². The maximum Gasteiger partial charge on any atom is 0.259 e. The second-order valence-electron chi connectivity index (χ2n) is 4.17. The smallest absolute Gasteiger partial charge is 0.259 e. The summed E-state index contributed by atoms with van der Waals surface area (Å²) < 4.78 is 0.757. The lowest BCUT2D eigenvalue weighted by molar-refractivity contribution is 0.102. The summed E-state index contributed by atoms with van der Waals surface area (Å²) in [5, 5.41) is 5.93. The maximum atomic E-state index is 12.4. The van der Waals surface area contributed by atoms with E-state index in [0.717, 1.165) is 10.2 Å². The average molecular weight is 335 g/mol. The second kappa shape index (κ2) is 6.47. The molecule has 0 saturated heterocycles. The standard InChI is InChI=1S/C14H15BrN4O/c1-3-16-13-11(7-10(15)8-18-13)14(20)19-12-5-4-6-17-9(12)2/h4-8H,3H2,1-2H3,(H,16,18)(H,19,20). The first-order valence-corrected chi connectivity index (χ1v) is 7.03. The molecular formula is C14H15BrN4O. The summed E-state index contributed by atoms with van der Waals surface area (Å²) in [6.07, 6.45) is 3.35. The van der Waals surface area contributed by atoms with Gasteiger partial charge in [0.2, 0.25) is 0 Å². The molecule has 0 radical (unpaired) electrons. The third-order valence-corrected chi connectivity index (χ3v) is 3.13. The van der Waals surface area contributed by atoms with E-state index in [4.69, 9.17) is 0 Å². The van der Waals surface area contributed by atoms with Gasteiger partial charge in [0.05, 0.1) is 16.9 Å². The van der Waals surface area contributed by atoms with Gasteiger partial charge in [0.15, 0.2) is 0 Å². The summed E-state index contributed by atoms with van der Waals surface area (Å²) in [7, 11) is 0. The SMILES string of the molecule is CCNc1ncc(Br)cc1C(=O)Nc1cccnc1C. The molecule has 0 spiro atoms. The third kappa shape index (κ3) is 3.33. The summed E-state index contributed by atoms with van der Waals surface area (Å²) in [4.78, 5) is 20.7. The van der Waals surface area contributed by atoms with E-state index in [1.165, 1.54) is 0 Å². The highest BCUT2D eigenvalue weighted by atomic mass is 79.9. The van der Waals surface area contributed by atoms with Crippen molar-refractivity contribution in [3.05, 3.63) is 46.3 Å². The van der Waals surface area contributed by atoms with E-state index >= 15 is 0 Å². The number of carbonyl (C=O) groups is 1. The molecule has 2 rings (SSSR count).